The van der Waals surface area contributed by atoms with Crippen molar-refractivity contribution >= 4 is 55.1 Å². The zero-order chi connectivity index (χ0) is 14.1. The van der Waals surface area contributed by atoms with E-state index in [1.807, 2.05) is 0 Å². The second-order valence-corrected chi connectivity index (χ2v) is 7.51. The molecule has 1 amide bonds. The molecule has 1 saturated heterocycles. The molecule has 3 rings (SSSR count). The average Bonchev–Trinajstić information content (AvgIpc) is 3.11. The number of carbonyl (C=O) groups excluding carboxylic acids is 1. The lowest BCUT2D eigenvalue weighted by Crippen LogP contribution is -2.13. The fourth-order valence-electron chi connectivity index (χ4n) is 1.94. The smallest absolute Gasteiger partial charge is 0.322 e. The second kappa shape index (κ2) is 5.92. The van der Waals surface area contributed by atoms with Gasteiger partial charge in [0.1, 0.15) is 0 Å². The van der Waals surface area contributed by atoms with Crippen LogP contribution in [0.2, 0.25) is 0 Å². The van der Waals surface area contributed by atoms with Gasteiger partial charge in [-0.3, -0.25) is 10.1 Å². The van der Waals surface area contributed by atoms with Gasteiger partial charge in [0, 0.05) is 4.47 Å². The number of halogens is 2. The average molecular weight is 422 g/mol. The summed E-state index contributed by atoms with van der Waals surface area (Å²) in [7, 11) is 0. The summed E-state index contributed by atoms with van der Waals surface area (Å²) in [5, 5.41) is 13.7. The maximum atomic E-state index is 12.0. The molecule has 1 fully saturated rings. The molecule has 2 aromatic heterocycles. The van der Waals surface area contributed by atoms with Gasteiger partial charge in [-0.2, -0.15) is 0 Å². The lowest BCUT2D eigenvalue weighted by atomic mass is 10.2. The lowest BCUT2D eigenvalue weighted by Gasteiger charge is -2.02. The van der Waals surface area contributed by atoms with E-state index in [0.717, 1.165) is 27.6 Å². The molecule has 0 spiro atoms. The molecule has 0 aliphatic carbocycles. The summed E-state index contributed by atoms with van der Waals surface area (Å²) in [5.74, 6) is 0.252. The standard InChI is InChI=1S/C11H10Br2N4O2S/c12-5-4-7(20-8(5)13)9(18)15-11-17-16-10(19-11)6-2-1-3-14-6/h4,6,14H,1-3H2,(H,15,17,18). The number of amides is 1. The van der Waals surface area contributed by atoms with Crippen LogP contribution in [0.4, 0.5) is 6.01 Å². The van der Waals surface area contributed by atoms with E-state index in [9.17, 15) is 4.79 Å². The molecule has 0 saturated carbocycles. The Morgan fingerprint density at radius 2 is 2.35 bits per heavy atom. The summed E-state index contributed by atoms with van der Waals surface area (Å²) in [4.78, 5) is 12.6. The van der Waals surface area contributed by atoms with E-state index < -0.39 is 0 Å². The van der Waals surface area contributed by atoms with Crippen LogP contribution in [0.15, 0.2) is 18.7 Å². The van der Waals surface area contributed by atoms with Crippen LogP contribution >= 0.6 is 43.2 Å². The fraction of sp³-hybridized carbons (Fsp3) is 0.364. The summed E-state index contributed by atoms with van der Waals surface area (Å²) in [6.07, 6.45) is 2.06. The normalized spacial score (nSPS) is 18.4. The number of nitrogens with zero attached hydrogens (tertiary/aromatic N) is 2. The first-order chi connectivity index (χ1) is 9.63. The van der Waals surface area contributed by atoms with Gasteiger partial charge in [-0.05, 0) is 57.3 Å². The molecular weight excluding hydrogens is 412 g/mol. The predicted octanol–water partition coefficient (Wildman–Crippen LogP) is 3.33. The maximum Gasteiger partial charge on any atom is 0.322 e. The lowest BCUT2D eigenvalue weighted by molar-refractivity contribution is 0.102. The van der Waals surface area contributed by atoms with Crippen LogP contribution in [0.5, 0.6) is 0 Å². The van der Waals surface area contributed by atoms with Gasteiger partial charge in [-0.1, -0.05) is 5.10 Å². The number of hydrogen-bond donors (Lipinski definition) is 2. The van der Waals surface area contributed by atoms with Gasteiger partial charge >= 0.3 is 6.01 Å². The van der Waals surface area contributed by atoms with Crippen molar-refractivity contribution in [2.75, 3.05) is 11.9 Å². The third-order valence-corrected chi connectivity index (χ3v) is 6.14. The van der Waals surface area contributed by atoms with E-state index in [2.05, 4.69) is 52.7 Å². The minimum absolute atomic E-state index is 0.0955. The molecule has 106 valence electrons. The van der Waals surface area contributed by atoms with Crippen LogP contribution in [0.1, 0.15) is 34.4 Å². The Kier molecular flexibility index (Phi) is 4.20. The van der Waals surface area contributed by atoms with E-state index in [1.54, 1.807) is 6.07 Å². The van der Waals surface area contributed by atoms with E-state index in [-0.39, 0.29) is 18.0 Å². The SMILES string of the molecule is O=C(Nc1nnc(C2CCCN2)o1)c1cc(Br)c(Br)s1. The van der Waals surface area contributed by atoms with Crippen molar-refractivity contribution in [1.29, 1.82) is 0 Å². The summed E-state index contributed by atoms with van der Waals surface area (Å²) in [6.45, 7) is 0.950. The Balaban J connectivity index is 1.69. The zero-order valence-corrected chi connectivity index (χ0v) is 14.1. The number of anilines is 1. The fourth-order valence-corrected chi connectivity index (χ4v) is 3.87. The molecule has 6 nitrogen and oxygen atoms in total. The van der Waals surface area contributed by atoms with Crippen molar-refractivity contribution in [3.05, 3.63) is 25.1 Å². The zero-order valence-electron chi connectivity index (χ0n) is 10.2. The summed E-state index contributed by atoms with van der Waals surface area (Å²) in [6, 6.07) is 1.96. The van der Waals surface area contributed by atoms with Crippen molar-refractivity contribution in [3.63, 3.8) is 0 Å². The number of hydrogen-bond acceptors (Lipinski definition) is 6. The quantitative estimate of drug-likeness (QED) is 0.794. The molecule has 20 heavy (non-hydrogen) atoms. The highest BCUT2D eigenvalue weighted by molar-refractivity contribution is 9.13. The highest BCUT2D eigenvalue weighted by Crippen LogP contribution is 2.32. The molecular formula is C11H10Br2N4O2S. The van der Waals surface area contributed by atoms with Gasteiger partial charge in [-0.25, -0.2) is 0 Å². The Labute approximate surface area is 135 Å². The number of rotatable bonds is 3. The van der Waals surface area contributed by atoms with Gasteiger partial charge < -0.3 is 9.73 Å². The minimum Gasteiger partial charge on any atom is -0.406 e. The number of nitrogens with one attached hydrogen (secondary N) is 2. The third kappa shape index (κ3) is 2.95. The van der Waals surface area contributed by atoms with Crippen molar-refractivity contribution in [1.82, 2.24) is 15.5 Å². The van der Waals surface area contributed by atoms with Crippen LogP contribution in [-0.4, -0.2) is 22.6 Å². The van der Waals surface area contributed by atoms with E-state index in [1.165, 1.54) is 11.3 Å². The van der Waals surface area contributed by atoms with Crippen LogP contribution in [-0.2, 0) is 0 Å². The number of thiophene rings is 1. The predicted molar refractivity (Wildman–Crippen MR) is 81.9 cm³/mol. The van der Waals surface area contributed by atoms with E-state index in [0.29, 0.717) is 10.8 Å². The molecule has 0 radical (unpaired) electrons. The highest BCUT2D eigenvalue weighted by Gasteiger charge is 2.23. The molecule has 3 heterocycles. The Bertz CT molecular complexity index is 617. The molecule has 1 unspecified atom stereocenters. The molecule has 0 aromatic carbocycles. The van der Waals surface area contributed by atoms with Gasteiger partial charge in [-0.15, -0.1) is 16.4 Å². The first-order valence-corrected chi connectivity index (χ1v) is 8.36. The van der Waals surface area contributed by atoms with Gasteiger partial charge in [0.25, 0.3) is 5.91 Å². The molecule has 2 aromatic rings. The molecule has 1 atom stereocenters. The summed E-state index contributed by atoms with van der Waals surface area (Å²) >= 11 is 8.02. The highest BCUT2D eigenvalue weighted by atomic mass is 79.9. The van der Waals surface area contributed by atoms with Crippen molar-refractivity contribution in [2.24, 2.45) is 0 Å². The van der Waals surface area contributed by atoms with E-state index in [4.69, 9.17) is 4.42 Å². The van der Waals surface area contributed by atoms with Crippen molar-refractivity contribution < 1.29 is 9.21 Å². The number of carbonyl (C=O) groups is 1. The first-order valence-electron chi connectivity index (χ1n) is 5.96. The van der Waals surface area contributed by atoms with Crippen LogP contribution in [0, 0.1) is 0 Å². The molecule has 0 bridgehead atoms. The molecule has 1 aliphatic heterocycles. The third-order valence-electron chi connectivity index (χ3n) is 2.89. The van der Waals surface area contributed by atoms with Gasteiger partial charge in [0.05, 0.1) is 14.7 Å². The Hall–Kier alpha value is -0.770. The van der Waals surface area contributed by atoms with Crippen LogP contribution in [0.3, 0.4) is 0 Å². The molecule has 9 heteroatoms. The topological polar surface area (TPSA) is 80.0 Å². The summed E-state index contributed by atoms with van der Waals surface area (Å²) in [5.41, 5.74) is 0. The summed E-state index contributed by atoms with van der Waals surface area (Å²) < 4.78 is 7.17. The van der Waals surface area contributed by atoms with Crippen molar-refractivity contribution in [2.45, 2.75) is 18.9 Å². The maximum absolute atomic E-state index is 12.0. The van der Waals surface area contributed by atoms with E-state index >= 15 is 0 Å². The largest absolute Gasteiger partial charge is 0.406 e. The first kappa shape index (κ1) is 14.2. The van der Waals surface area contributed by atoms with Crippen LogP contribution < -0.4 is 10.6 Å². The second-order valence-electron chi connectivity index (χ2n) is 4.28. The van der Waals surface area contributed by atoms with Gasteiger partial charge in [0.2, 0.25) is 5.89 Å². The Morgan fingerprint density at radius 1 is 1.50 bits per heavy atom. The molecule has 2 N–H and O–H groups in total. The monoisotopic (exact) mass is 420 g/mol. The van der Waals surface area contributed by atoms with Gasteiger partial charge in [0.15, 0.2) is 0 Å². The van der Waals surface area contributed by atoms with Crippen LogP contribution in [0.25, 0.3) is 0 Å². The minimum atomic E-state index is -0.268. The van der Waals surface area contributed by atoms with Crippen molar-refractivity contribution in [3.8, 4) is 0 Å². The molecule has 1 aliphatic rings. The number of aromatic nitrogens is 2. The Morgan fingerprint density at radius 3 is 3.00 bits per heavy atom.